The summed E-state index contributed by atoms with van der Waals surface area (Å²) in [5, 5.41) is 0. The Morgan fingerprint density at radius 3 is 0.953 bits per heavy atom. The highest BCUT2D eigenvalue weighted by Crippen LogP contribution is 2.15. The van der Waals surface area contributed by atoms with E-state index in [-0.39, 0.29) is 31.1 Å². The van der Waals surface area contributed by atoms with Crippen molar-refractivity contribution in [1.82, 2.24) is 0 Å². The fraction of sp³-hybridized carbons (Fsp3) is 0.741. The third-order valence-electron chi connectivity index (χ3n) is 11.5. The van der Waals surface area contributed by atoms with Crippen molar-refractivity contribution in [3.8, 4) is 0 Å². The third-order valence-corrected chi connectivity index (χ3v) is 11.5. The molecule has 0 aliphatic heterocycles. The van der Waals surface area contributed by atoms with Gasteiger partial charge in [0.25, 0.3) is 0 Å². The van der Waals surface area contributed by atoms with Gasteiger partial charge in [-0.3, -0.25) is 14.4 Å². The maximum Gasteiger partial charge on any atom is 0.306 e. The van der Waals surface area contributed by atoms with Gasteiger partial charge in [-0.05, 0) is 70.6 Å². The highest BCUT2D eigenvalue weighted by Gasteiger charge is 2.19. The molecule has 0 aliphatic carbocycles. The maximum atomic E-state index is 12.8. The van der Waals surface area contributed by atoms with Gasteiger partial charge in [-0.15, -0.1) is 0 Å². The van der Waals surface area contributed by atoms with Crippen molar-refractivity contribution < 1.29 is 28.6 Å². The quantitative estimate of drug-likeness (QED) is 0.0262. The molecule has 1 atom stereocenters. The van der Waals surface area contributed by atoms with Crippen LogP contribution in [0.5, 0.6) is 0 Å². The molecule has 1 unspecified atom stereocenters. The van der Waals surface area contributed by atoms with Gasteiger partial charge in [0, 0.05) is 19.3 Å². The molecule has 6 heteroatoms. The molecule has 0 heterocycles. The summed E-state index contributed by atoms with van der Waals surface area (Å²) in [5.74, 6) is -0.928. The summed E-state index contributed by atoms with van der Waals surface area (Å²) in [4.78, 5) is 37.9. The number of esters is 3. The van der Waals surface area contributed by atoms with E-state index in [4.69, 9.17) is 14.2 Å². The van der Waals surface area contributed by atoms with E-state index in [0.29, 0.717) is 19.3 Å². The summed E-state index contributed by atoms with van der Waals surface area (Å²) in [7, 11) is 0. The number of allylic oxidation sites excluding steroid dienone is 12. The lowest BCUT2D eigenvalue weighted by molar-refractivity contribution is -0.167. The highest BCUT2D eigenvalue weighted by molar-refractivity contribution is 5.71. The van der Waals surface area contributed by atoms with Crippen molar-refractivity contribution in [3.63, 3.8) is 0 Å². The zero-order chi connectivity index (χ0) is 46.5. The Morgan fingerprint density at radius 2 is 0.609 bits per heavy atom. The lowest BCUT2D eigenvalue weighted by atomic mass is 10.0. The molecule has 64 heavy (non-hydrogen) atoms. The molecule has 0 N–H and O–H groups in total. The third kappa shape index (κ3) is 49.9. The van der Waals surface area contributed by atoms with Gasteiger partial charge in [0.05, 0.1) is 0 Å². The van der Waals surface area contributed by atoms with E-state index >= 15 is 0 Å². The number of carbonyl (C=O) groups excluding carboxylic acids is 3. The van der Waals surface area contributed by atoms with E-state index in [9.17, 15) is 14.4 Å². The van der Waals surface area contributed by atoms with Crippen LogP contribution in [-0.2, 0) is 28.6 Å². The monoisotopic (exact) mass is 893 g/mol. The van der Waals surface area contributed by atoms with E-state index in [2.05, 4.69) is 93.7 Å². The minimum Gasteiger partial charge on any atom is -0.462 e. The topological polar surface area (TPSA) is 78.9 Å². The van der Waals surface area contributed by atoms with Gasteiger partial charge < -0.3 is 14.2 Å². The van der Waals surface area contributed by atoms with Gasteiger partial charge in [0.1, 0.15) is 13.2 Å². The number of unbranched alkanes of at least 4 members (excludes halogenated alkanes) is 25. The largest absolute Gasteiger partial charge is 0.462 e. The predicted octanol–water partition coefficient (Wildman–Crippen LogP) is 17.8. The SMILES string of the molecule is CC/C=C\C/C=C\C/C=C\C/C=C\C/C=C\C/C=C\CCCCC(=O)OCC(COC(=O)CCCCCCCCCCC)OC(=O)CCCCCCCCCCCCCCCCCC. The van der Waals surface area contributed by atoms with Crippen LogP contribution in [0.3, 0.4) is 0 Å². The van der Waals surface area contributed by atoms with E-state index < -0.39 is 6.10 Å². The Kier molecular flexibility index (Phi) is 49.9. The van der Waals surface area contributed by atoms with Crippen molar-refractivity contribution in [2.24, 2.45) is 0 Å². The summed E-state index contributed by atoms with van der Waals surface area (Å²) in [6.07, 6.45) is 66.1. The normalized spacial score (nSPS) is 12.6. The van der Waals surface area contributed by atoms with Crippen LogP contribution in [0.1, 0.15) is 258 Å². The van der Waals surface area contributed by atoms with Crippen LogP contribution in [0, 0.1) is 0 Å². The molecular weight excluding hydrogens is 793 g/mol. The smallest absolute Gasteiger partial charge is 0.306 e. The first kappa shape index (κ1) is 60.9. The second-order valence-corrected chi connectivity index (χ2v) is 17.8. The molecular formula is C58H100O6. The molecule has 0 bridgehead atoms. The summed E-state index contributed by atoms with van der Waals surface area (Å²) >= 11 is 0. The van der Waals surface area contributed by atoms with Gasteiger partial charge in [0.2, 0.25) is 0 Å². The Bertz CT molecular complexity index is 1210. The molecule has 0 amide bonds. The van der Waals surface area contributed by atoms with E-state index in [1.54, 1.807) is 0 Å². The first-order valence-corrected chi connectivity index (χ1v) is 26.9. The Labute approximate surface area is 395 Å². The maximum absolute atomic E-state index is 12.8. The lowest BCUT2D eigenvalue weighted by Crippen LogP contribution is -2.30. The first-order valence-electron chi connectivity index (χ1n) is 26.9. The highest BCUT2D eigenvalue weighted by atomic mass is 16.6. The molecule has 0 rings (SSSR count). The zero-order valence-electron chi connectivity index (χ0n) is 42.0. The fourth-order valence-corrected chi connectivity index (χ4v) is 7.45. The molecule has 0 saturated carbocycles. The molecule has 0 fully saturated rings. The van der Waals surface area contributed by atoms with Gasteiger partial charge in [-0.2, -0.15) is 0 Å². The average Bonchev–Trinajstić information content (AvgIpc) is 3.29. The number of carbonyl (C=O) groups is 3. The summed E-state index contributed by atoms with van der Waals surface area (Å²) < 4.78 is 16.8. The van der Waals surface area contributed by atoms with E-state index in [0.717, 1.165) is 96.3 Å². The number of hydrogen-bond donors (Lipinski definition) is 0. The van der Waals surface area contributed by atoms with Gasteiger partial charge in [0.15, 0.2) is 6.10 Å². The van der Waals surface area contributed by atoms with Crippen LogP contribution in [0.2, 0.25) is 0 Å². The van der Waals surface area contributed by atoms with Crippen LogP contribution in [0.25, 0.3) is 0 Å². The minimum absolute atomic E-state index is 0.0864. The van der Waals surface area contributed by atoms with Crippen LogP contribution in [0.4, 0.5) is 0 Å². The van der Waals surface area contributed by atoms with Gasteiger partial charge in [-0.25, -0.2) is 0 Å². The van der Waals surface area contributed by atoms with Gasteiger partial charge in [-0.1, -0.05) is 241 Å². The molecule has 0 aromatic heterocycles. The van der Waals surface area contributed by atoms with Crippen LogP contribution >= 0.6 is 0 Å². The van der Waals surface area contributed by atoms with Crippen molar-refractivity contribution >= 4 is 17.9 Å². The van der Waals surface area contributed by atoms with Crippen LogP contribution in [0.15, 0.2) is 72.9 Å². The van der Waals surface area contributed by atoms with Crippen molar-refractivity contribution in [2.45, 2.75) is 264 Å². The number of ether oxygens (including phenoxy) is 3. The molecule has 0 aliphatic rings. The van der Waals surface area contributed by atoms with Crippen LogP contribution in [-0.4, -0.2) is 37.2 Å². The van der Waals surface area contributed by atoms with E-state index in [1.165, 1.54) is 122 Å². The molecule has 0 saturated heterocycles. The Balaban J connectivity index is 4.37. The second kappa shape index (κ2) is 52.5. The van der Waals surface area contributed by atoms with Crippen LogP contribution < -0.4 is 0 Å². The molecule has 0 aromatic carbocycles. The summed E-state index contributed by atoms with van der Waals surface area (Å²) in [6, 6.07) is 0. The molecule has 6 nitrogen and oxygen atoms in total. The summed E-state index contributed by atoms with van der Waals surface area (Å²) in [6.45, 7) is 6.48. The molecule has 0 aromatic rings. The fourth-order valence-electron chi connectivity index (χ4n) is 7.45. The Morgan fingerprint density at radius 1 is 0.328 bits per heavy atom. The zero-order valence-corrected chi connectivity index (χ0v) is 42.0. The number of rotatable bonds is 48. The van der Waals surface area contributed by atoms with E-state index in [1.807, 2.05) is 0 Å². The predicted molar refractivity (Wildman–Crippen MR) is 274 cm³/mol. The van der Waals surface area contributed by atoms with Gasteiger partial charge >= 0.3 is 17.9 Å². The minimum atomic E-state index is -0.788. The molecule has 0 radical (unpaired) electrons. The lowest BCUT2D eigenvalue weighted by Gasteiger charge is -2.18. The molecule has 368 valence electrons. The standard InChI is InChI=1S/C58H100O6/c1-4-7-10-13-16-19-21-23-25-27-28-29-30-31-33-34-36-39-42-45-48-51-57(60)63-54-55(53-62-56(59)50-47-44-41-38-18-15-12-9-6-3)64-58(61)52-49-46-43-40-37-35-32-26-24-22-20-17-14-11-8-5-2/h7,10,16,19,23,25,28-29,31,33,36,39,55H,4-6,8-9,11-15,17-18,20-22,24,26-27,30,32,34-35,37-38,40-54H2,1-3H3/b10-7-,19-16-,25-23-,29-28-,33-31-,39-36-. The van der Waals surface area contributed by atoms with Crippen molar-refractivity contribution in [2.75, 3.05) is 13.2 Å². The first-order chi connectivity index (χ1) is 31.5. The molecule has 0 spiro atoms. The second-order valence-electron chi connectivity index (χ2n) is 17.8. The van der Waals surface area contributed by atoms with Crippen molar-refractivity contribution in [3.05, 3.63) is 72.9 Å². The van der Waals surface area contributed by atoms with Crippen molar-refractivity contribution in [1.29, 1.82) is 0 Å². The average molecular weight is 893 g/mol. The Hall–Kier alpha value is -3.15. The summed E-state index contributed by atoms with van der Waals surface area (Å²) in [5.41, 5.74) is 0. The number of hydrogen-bond acceptors (Lipinski definition) is 6.